The lowest BCUT2D eigenvalue weighted by molar-refractivity contribution is 0.0309. The number of hydrogen-bond acceptors (Lipinski definition) is 5. The highest BCUT2D eigenvalue weighted by molar-refractivity contribution is 5.56. The van der Waals surface area contributed by atoms with Crippen molar-refractivity contribution in [3.05, 3.63) is 53.1 Å². The molecule has 0 radical (unpaired) electrons. The number of piperazine rings is 1. The summed E-state index contributed by atoms with van der Waals surface area (Å²) in [5.74, 6) is -0.171. The van der Waals surface area contributed by atoms with Crippen LogP contribution in [0.3, 0.4) is 0 Å². The summed E-state index contributed by atoms with van der Waals surface area (Å²) in [4.78, 5) is 9.75. The highest BCUT2D eigenvalue weighted by Crippen LogP contribution is 2.26. The van der Waals surface area contributed by atoms with Crippen LogP contribution in [-0.4, -0.2) is 86.8 Å². The molecule has 0 spiro atoms. The van der Waals surface area contributed by atoms with E-state index in [4.69, 9.17) is 4.74 Å². The average molecular weight is 401 g/mol. The number of aryl methyl sites for hydroxylation is 1. The summed E-state index contributed by atoms with van der Waals surface area (Å²) < 4.78 is 19.2. The second-order valence-electron chi connectivity index (χ2n) is 8.29. The van der Waals surface area contributed by atoms with Crippen LogP contribution in [0.25, 0.3) is 0 Å². The fraction of sp³-hybridized carbons (Fsp3) is 0.565. The van der Waals surface area contributed by atoms with Gasteiger partial charge in [-0.1, -0.05) is 0 Å². The minimum atomic E-state index is -0.171. The third kappa shape index (κ3) is 5.18. The van der Waals surface area contributed by atoms with E-state index in [1.54, 1.807) is 12.1 Å². The van der Waals surface area contributed by atoms with Crippen molar-refractivity contribution in [1.29, 1.82) is 0 Å². The lowest BCUT2D eigenvalue weighted by Crippen LogP contribution is -2.49. The number of nitrogens with zero attached hydrogens (tertiary/aromatic N) is 4. The van der Waals surface area contributed by atoms with Crippen molar-refractivity contribution in [2.75, 3.05) is 77.0 Å². The van der Waals surface area contributed by atoms with Gasteiger partial charge in [-0.25, -0.2) is 4.39 Å². The first-order valence-electron chi connectivity index (χ1n) is 10.8. The predicted octanol–water partition coefficient (Wildman–Crippen LogP) is 2.69. The van der Waals surface area contributed by atoms with Gasteiger partial charge < -0.3 is 14.5 Å². The Labute approximate surface area is 174 Å². The molecule has 6 heteroatoms. The molecule has 3 aliphatic rings. The van der Waals surface area contributed by atoms with Crippen LogP contribution >= 0.6 is 0 Å². The van der Waals surface area contributed by atoms with E-state index in [1.165, 1.54) is 11.4 Å². The molecule has 1 aromatic carbocycles. The number of anilines is 1. The Morgan fingerprint density at radius 3 is 2.24 bits per heavy atom. The number of allylic oxidation sites excluding steroid dienone is 2. The smallest absolute Gasteiger partial charge is 0.125 e. The number of hydrogen-bond donors (Lipinski definition) is 0. The van der Waals surface area contributed by atoms with Gasteiger partial charge in [0.05, 0.1) is 13.2 Å². The van der Waals surface area contributed by atoms with E-state index in [1.807, 2.05) is 13.0 Å². The lowest BCUT2D eigenvalue weighted by Gasteiger charge is -2.39. The molecule has 4 rings (SSSR count). The van der Waals surface area contributed by atoms with E-state index in [9.17, 15) is 4.39 Å². The summed E-state index contributed by atoms with van der Waals surface area (Å²) in [5, 5.41) is 0. The summed E-state index contributed by atoms with van der Waals surface area (Å²) in [6, 6.07) is 5.25. The van der Waals surface area contributed by atoms with Crippen LogP contribution in [0.1, 0.15) is 12.5 Å². The van der Waals surface area contributed by atoms with Crippen molar-refractivity contribution in [2.24, 2.45) is 0 Å². The van der Waals surface area contributed by atoms with Gasteiger partial charge in [-0.15, -0.1) is 0 Å². The predicted molar refractivity (Wildman–Crippen MR) is 116 cm³/mol. The van der Waals surface area contributed by atoms with Gasteiger partial charge in [-0.3, -0.25) is 9.80 Å². The van der Waals surface area contributed by atoms with E-state index < -0.39 is 0 Å². The normalized spacial score (nSPS) is 21.9. The molecule has 2 fully saturated rings. The summed E-state index contributed by atoms with van der Waals surface area (Å²) in [7, 11) is 0. The van der Waals surface area contributed by atoms with Crippen LogP contribution in [0.5, 0.6) is 0 Å². The standard InChI is InChI=1S/C23H33FN4O/c1-19-15-21(24)18-23(16-19)28-4-3-22(17-20(28)2)27-9-7-25(8-10-27)5-6-26-11-13-29-14-12-26/h3,15-18H,4-14H2,1-2H3. The second kappa shape index (κ2) is 9.28. The summed E-state index contributed by atoms with van der Waals surface area (Å²) in [6.45, 7) is 15.4. The molecule has 0 atom stereocenters. The van der Waals surface area contributed by atoms with E-state index in [2.05, 4.69) is 38.7 Å². The van der Waals surface area contributed by atoms with Crippen LogP contribution in [-0.2, 0) is 4.74 Å². The Morgan fingerprint density at radius 2 is 1.59 bits per heavy atom. The summed E-state index contributed by atoms with van der Waals surface area (Å²) >= 11 is 0. The number of benzene rings is 1. The molecule has 0 unspecified atom stereocenters. The van der Waals surface area contributed by atoms with E-state index in [0.717, 1.165) is 83.4 Å². The molecule has 0 saturated carbocycles. The number of ether oxygens (including phenoxy) is 1. The first kappa shape index (κ1) is 20.4. The quantitative estimate of drug-likeness (QED) is 0.756. The molecule has 3 heterocycles. The maximum absolute atomic E-state index is 13.8. The van der Waals surface area contributed by atoms with Gasteiger partial charge in [-0.05, 0) is 49.8 Å². The van der Waals surface area contributed by atoms with Gasteiger partial charge in [0.25, 0.3) is 0 Å². The van der Waals surface area contributed by atoms with Crippen LogP contribution in [0, 0.1) is 12.7 Å². The van der Waals surface area contributed by atoms with Crippen LogP contribution in [0.15, 0.2) is 41.7 Å². The largest absolute Gasteiger partial charge is 0.379 e. The van der Waals surface area contributed by atoms with Gasteiger partial charge in [0, 0.05) is 76.0 Å². The molecule has 0 bridgehead atoms. The van der Waals surface area contributed by atoms with Crippen LogP contribution in [0.2, 0.25) is 0 Å². The Morgan fingerprint density at radius 1 is 0.897 bits per heavy atom. The SMILES string of the molecule is CC1=CC(N2CCN(CCN3CCOCC3)CC2)=CCN1c1cc(C)cc(F)c1. The van der Waals surface area contributed by atoms with Gasteiger partial charge in [-0.2, -0.15) is 0 Å². The van der Waals surface area contributed by atoms with Crippen molar-refractivity contribution >= 4 is 5.69 Å². The summed E-state index contributed by atoms with van der Waals surface area (Å²) in [5.41, 5.74) is 4.36. The fourth-order valence-corrected chi connectivity index (χ4v) is 4.42. The second-order valence-corrected chi connectivity index (χ2v) is 8.29. The zero-order valence-electron chi connectivity index (χ0n) is 17.7. The van der Waals surface area contributed by atoms with Crippen molar-refractivity contribution in [1.82, 2.24) is 14.7 Å². The van der Waals surface area contributed by atoms with Crippen molar-refractivity contribution in [2.45, 2.75) is 13.8 Å². The lowest BCUT2D eigenvalue weighted by atomic mass is 10.1. The Balaban J connectivity index is 1.28. The first-order chi connectivity index (χ1) is 14.1. The molecular formula is C23H33FN4O. The highest BCUT2D eigenvalue weighted by atomic mass is 19.1. The van der Waals surface area contributed by atoms with Crippen molar-refractivity contribution in [3.8, 4) is 0 Å². The van der Waals surface area contributed by atoms with Gasteiger partial charge in [0.2, 0.25) is 0 Å². The Kier molecular flexibility index (Phi) is 6.53. The van der Waals surface area contributed by atoms with Gasteiger partial charge in [0.15, 0.2) is 0 Å². The minimum Gasteiger partial charge on any atom is -0.379 e. The van der Waals surface area contributed by atoms with E-state index >= 15 is 0 Å². The van der Waals surface area contributed by atoms with Crippen molar-refractivity contribution < 1.29 is 9.13 Å². The third-order valence-electron chi connectivity index (χ3n) is 6.18. The van der Waals surface area contributed by atoms with E-state index in [-0.39, 0.29) is 5.82 Å². The van der Waals surface area contributed by atoms with E-state index in [0.29, 0.717) is 0 Å². The molecule has 0 amide bonds. The molecule has 2 saturated heterocycles. The monoisotopic (exact) mass is 400 g/mol. The zero-order chi connectivity index (χ0) is 20.2. The molecule has 5 nitrogen and oxygen atoms in total. The molecule has 0 N–H and O–H groups in total. The van der Waals surface area contributed by atoms with Crippen molar-refractivity contribution in [3.63, 3.8) is 0 Å². The maximum atomic E-state index is 13.8. The summed E-state index contributed by atoms with van der Waals surface area (Å²) in [6.07, 6.45) is 4.52. The fourth-order valence-electron chi connectivity index (χ4n) is 4.42. The van der Waals surface area contributed by atoms with Gasteiger partial charge >= 0.3 is 0 Å². The average Bonchev–Trinajstić information content (AvgIpc) is 2.72. The van der Waals surface area contributed by atoms with Crippen LogP contribution < -0.4 is 4.90 Å². The molecule has 29 heavy (non-hydrogen) atoms. The molecule has 1 aromatic rings. The zero-order valence-corrected chi connectivity index (χ0v) is 17.7. The Hall–Kier alpha value is -1.89. The minimum absolute atomic E-state index is 0.171. The number of morpholine rings is 1. The molecule has 0 aliphatic carbocycles. The topological polar surface area (TPSA) is 22.2 Å². The van der Waals surface area contributed by atoms with Gasteiger partial charge in [0.1, 0.15) is 5.82 Å². The number of halogens is 1. The number of rotatable bonds is 5. The first-order valence-corrected chi connectivity index (χ1v) is 10.8. The molecule has 158 valence electrons. The molecular weight excluding hydrogens is 367 g/mol. The molecule has 3 aliphatic heterocycles. The highest BCUT2D eigenvalue weighted by Gasteiger charge is 2.22. The van der Waals surface area contributed by atoms with Crippen LogP contribution in [0.4, 0.5) is 10.1 Å². The third-order valence-corrected chi connectivity index (χ3v) is 6.18. The Bertz CT molecular complexity index is 744. The molecule has 0 aromatic heterocycles. The maximum Gasteiger partial charge on any atom is 0.125 e.